The van der Waals surface area contributed by atoms with E-state index in [1.807, 2.05) is 0 Å². The standard InChI is InChI=1S/C13H11N5O3/c1-7-3-4-8(5-10(7)18(20)21)11-15-12-9(13(19)16-11)6-14-17(12)2/h3-6H,1-2H3,(H,15,16,19). The zero-order valence-corrected chi connectivity index (χ0v) is 11.3. The first kappa shape index (κ1) is 13.0. The largest absolute Gasteiger partial charge is 0.306 e. The second kappa shape index (κ2) is 4.51. The number of aryl methyl sites for hydroxylation is 2. The molecule has 3 rings (SSSR count). The lowest BCUT2D eigenvalue weighted by Crippen LogP contribution is -2.09. The van der Waals surface area contributed by atoms with Gasteiger partial charge >= 0.3 is 0 Å². The number of benzene rings is 1. The lowest BCUT2D eigenvalue weighted by Gasteiger charge is -2.03. The minimum absolute atomic E-state index is 0.0137. The number of nitro groups is 1. The minimum atomic E-state index is -0.459. The van der Waals surface area contributed by atoms with Crippen LogP contribution < -0.4 is 5.56 Å². The summed E-state index contributed by atoms with van der Waals surface area (Å²) in [7, 11) is 1.68. The number of hydrogen-bond acceptors (Lipinski definition) is 5. The van der Waals surface area contributed by atoms with Crippen LogP contribution in [0.15, 0.2) is 29.2 Å². The Kier molecular flexibility index (Phi) is 2.79. The molecule has 21 heavy (non-hydrogen) atoms. The van der Waals surface area contributed by atoms with Crippen LogP contribution >= 0.6 is 0 Å². The topological polar surface area (TPSA) is 107 Å². The minimum Gasteiger partial charge on any atom is -0.306 e. The fraction of sp³-hybridized carbons (Fsp3) is 0.154. The molecular weight excluding hydrogens is 274 g/mol. The fourth-order valence-corrected chi connectivity index (χ4v) is 2.12. The van der Waals surface area contributed by atoms with Gasteiger partial charge in [0.2, 0.25) is 0 Å². The Morgan fingerprint density at radius 1 is 1.38 bits per heavy atom. The van der Waals surface area contributed by atoms with Gasteiger partial charge in [0.05, 0.1) is 11.1 Å². The molecule has 3 aromatic rings. The van der Waals surface area contributed by atoms with Crippen LogP contribution in [0.2, 0.25) is 0 Å². The Bertz CT molecular complexity index is 925. The zero-order chi connectivity index (χ0) is 15.1. The van der Waals surface area contributed by atoms with E-state index < -0.39 is 4.92 Å². The maximum atomic E-state index is 12.0. The van der Waals surface area contributed by atoms with E-state index in [0.717, 1.165) is 0 Å². The maximum absolute atomic E-state index is 12.0. The van der Waals surface area contributed by atoms with Gasteiger partial charge in [-0.25, -0.2) is 4.98 Å². The lowest BCUT2D eigenvalue weighted by molar-refractivity contribution is -0.385. The molecule has 8 nitrogen and oxygen atoms in total. The molecule has 0 fully saturated rings. The molecule has 0 saturated carbocycles. The number of aromatic amines is 1. The number of rotatable bonds is 2. The smallest absolute Gasteiger partial charge is 0.273 e. The van der Waals surface area contributed by atoms with E-state index in [4.69, 9.17) is 0 Å². The summed E-state index contributed by atoms with van der Waals surface area (Å²) in [4.78, 5) is 29.5. The molecule has 0 aliphatic rings. The second-order valence-electron chi connectivity index (χ2n) is 4.68. The third-order valence-corrected chi connectivity index (χ3v) is 3.28. The van der Waals surface area contributed by atoms with E-state index in [1.54, 1.807) is 26.1 Å². The summed E-state index contributed by atoms with van der Waals surface area (Å²) in [6.45, 7) is 1.66. The molecule has 0 unspecified atom stereocenters. The van der Waals surface area contributed by atoms with Crippen molar-refractivity contribution in [2.75, 3.05) is 0 Å². The van der Waals surface area contributed by atoms with Crippen LogP contribution in [-0.2, 0) is 7.05 Å². The van der Waals surface area contributed by atoms with Crippen LogP contribution in [0.1, 0.15) is 5.56 Å². The number of nitro benzene ring substituents is 1. The Hall–Kier alpha value is -3.03. The molecule has 0 saturated heterocycles. The highest BCUT2D eigenvalue weighted by atomic mass is 16.6. The van der Waals surface area contributed by atoms with Crippen molar-refractivity contribution < 1.29 is 4.92 Å². The van der Waals surface area contributed by atoms with Crippen LogP contribution in [0.5, 0.6) is 0 Å². The monoisotopic (exact) mass is 285 g/mol. The van der Waals surface area contributed by atoms with Gasteiger partial charge in [-0.2, -0.15) is 5.10 Å². The Morgan fingerprint density at radius 2 is 2.14 bits per heavy atom. The molecule has 0 bridgehead atoms. The van der Waals surface area contributed by atoms with Crippen molar-refractivity contribution in [1.82, 2.24) is 19.7 Å². The average molecular weight is 285 g/mol. The van der Waals surface area contributed by atoms with Gasteiger partial charge in [0.25, 0.3) is 11.2 Å². The number of nitrogens with zero attached hydrogens (tertiary/aromatic N) is 4. The Balaban J connectivity index is 2.25. The van der Waals surface area contributed by atoms with Crippen molar-refractivity contribution in [2.45, 2.75) is 6.92 Å². The van der Waals surface area contributed by atoms with E-state index >= 15 is 0 Å². The Morgan fingerprint density at radius 3 is 2.86 bits per heavy atom. The van der Waals surface area contributed by atoms with E-state index in [0.29, 0.717) is 22.2 Å². The van der Waals surface area contributed by atoms with Gasteiger partial charge < -0.3 is 4.98 Å². The number of aromatic nitrogens is 4. The fourth-order valence-electron chi connectivity index (χ4n) is 2.12. The first-order valence-corrected chi connectivity index (χ1v) is 6.15. The summed E-state index contributed by atoms with van der Waals surface area (Å²) in [5, 5.41) is 15.4. The van der Waals surface area contributed by atoms with E-state index in [2.05, 4.69) is 15.1 Å². The SMILES string of the molecule is Cc1ccc(-c2nc3c(cnn3C)c(=O)[nH]2)cc1[N+](=O)[O-]. The third kappa shape index (κ3) is 2.06. The van der Waals surface area contributed by atoms with Crippen molar-refractivity contribution in [2.24, 2.45) is 7.05 Å². The van der Waals surface area contributed by atoms with Crippen LogP contribution in [-0.4, -0.2) is 24.7 Å². The number of fused-ring (bicyclic) bond motifs is 1. The highest BCUT2D eigenvalue weighted by molar-refractivity contribution is 5.76. The molecule has 2 heterocycles. The van der Waals surface area contributed by atoms with Crippen LogP contribution in [0.25, 0.3) is 22.4 Å². The summed E-state index contributed by atoms with van der Waals surface area (Å²) < 4.78 is 1.48. The van der Waals surface area contributed by atoms with Gasteiger partial charge in [0.15, 0.2) is 5.65 Å². The van der Waals surface area contributed by atoms with E-state index in [-0.39, 0.29) is 17.1 Å². The number of nitrogens with one attached hydrogen (secondary N) is 1. The number of H-pyrrole nitrogens is 1. The molecule has 1 aromatic carbocycles. The molecule has 0 radical (unpaired) electrons. The molecule has 1 N–H and O–H groups in total. The average Bonchev–Trinajstić information content (AvgIpc) is 2.81. The Labute approximate surface area is 118 Å². The van der Waals surface area contributed by atoms with Gasteiger partial charge in [-0.05, 0) is 6.92 Å². The summed E-state index contributed by atoms with van der Waals surface area (Å²) in [6, 6.07) is 4.71. The second-order valence-corrected chi connectivity index (χ2v) is 4.68. The van der Waals surface area contributed by atoms with Gasteiger partial charge in [-0.15, -0.1) is 0 Å². The number of hydrogen-bond donors (Lipinski definition) is 1. The van der Waals surface area contributed by atoms with Crippen molar-refractivity contribution in [3.8, 4) is 11.4 Å². The molecular formula is C13H11N5O3. The maximum Gasteiger partial charge on any atom is 0.273 e. The predicted molar refractivity (Wildman–Crippen MR) is 76.0 cm³/mol. The molecule has 8 heteroatoms. The first-order chi connectivity index (χ1) is 9.97. The molecule has 0 atom stereocenters. The molecule has 2 aromatic heterocycles. The van der Waals surface area contributed by atoms with Gasteiger partial charge in [0, 0.05) is 24.2 Å². The molecule has 0 amide bonds. The molecule has 0 aliphatic carbocycles. The van der Waals surface area contributed by atoms with Crippen molar-refractivity contribution in [3.63, 3.8) is 0 Å². The van der Waals surface area contributed by atoms with Gasteiger partial charge in [-0.3, -0.25) is 19.6 Å². The zero-order valence-electron chi connectivity index (χ0n) is 11.3. The summed E-state index contributed by atoms with van der Waals surface area (Å²) in [6.07, 6.45) is 1.43. The molecule has 106 valence electrons. The molecule has 0 spiro atoms. The van der Waals surface area contributed by atoms with Crippen molar-refractivity contribution in [1.29, 1.82) is 0 Å². The van der Waals surface area contributed by atoms with Crippen molar-refractivity contribution in [3.05, 3.63) is 50.4 Å². The first-order valence-electron chi connectivity index (χ1n) is 6.15. The quantitative estimate of drug-likeness (QED) is 0.567. The summed E-state index contributed by atoms with van der Waals surface area (Å²) >= 11 is 0. The van der Waals surface area contributed by atoms with Crippen LogP contribution in [0.3, 0.4) is 0 Å². The predicted octanol–water partition coefficient (Wildman–Crippen LogP) is 1.54. The van der Waals surface area contributed by atoms with Crippen molar-refractivity contribution >= 4 is 16.7 Å². The summed E-state index contributed by atoms with van der Waals surface area (Å²) in [5.74, 6) is 0.277. The van der Waals surface area contributed by atoms with Gasteiger partial charge in [-0.1, -0.05) is 12.1 Å². The van der Waals surface area contributed by atoms with Crippen LogP contribution in [0, 0.1) is 17.0 Å². The van der Waals surface area contributed by atoms with Gasteiger partial charge in [0.1, 0.15) is 11.2 Å². The van der Waals surface area contributed by atoms with E-state index in [9.17, 15) is 14.9 Å². The van der Waals surface area contributed by atoms with E-state index in [1.165, 1.54) is 16.9 Å². The third-order valence-electron chi connectivity index (χ3n) is 3.28. The van der Waals surface area contributed by atoms with Crippen LogP contribution in [0.4, 0.5) is 5.69 Å². The normalized spacial score (nSPS) is 11.0. The lowest BCUT2D eigenvalue weighted by atomic mass is 10.1. The highest BCUT2D eigenvalue weighted by Gasteiger charge is 2.15. The molecule has 0 aliphatic heterocycles. The highest BCUT2D eigenvalue weighted by Crippen LogP contribution is 2.24. The summed E-state index contributed by atoms with van der Waals surface area (Å²) in [5.41, 5.74) is 1.11.